The maximum atomic E-state index is 13.0. The topological polar surface area (TPSA) is 78.5 Å². The van der Waals surface area contributed by atoms with E-state index in [1.54, 1.807) is 24.3 Å². The molecule has 180 valence electrons. The number of halogens is 1. The van der Waals surface area contributed by atoms with E-state index in [0.29, 0.717) is 12.2 Å². The minimum absolute atomic E-state index is 0.0292. The summed E-state index contributed by atoms with van der Waals surface area (Å²) in [4.78, 5) is 14.7. The van der Waals surface area contributed by atoms with Gasteiger partial charge in [-0.25, -0.2) is 12.8 Å². The molecule has 0 saturated carbocycles. The van der Waals surface area contributed by atoms with E-state index < -0.39 is 15.8 Å². The van der Waals surface area contributed by atoms with Gasteiger partial charge in [0.15, 0.2) is 0 Å². The van der Waals surface area contributed by atoms with Crippen LogP contribution in [0.25, 0.3) is 0 Å². The second kappa shape index (κ2) is 11.8. The van der Waals surface area contributed by atoms with Gasteiger partial charge in [0, 0.05) is 18.8 Å². The molecular weight excluding hydrogens is 453 g/mol. The quantitative estimate of drug-likeness (QED) is 0.426. The van der Waals surface area contributed by atoms with Crippen LogP contribution in [0.5, 0.6) is 0 Å². The zero-order valence-corrected chi connectivity index (χ0v) is 20.2. The van der Waals surface area contributed by atoms with Crippen molar-refractivity contribution in [2.24, 2.45) is 0 Å². The lowest BCUT2D eigenvalue weighted by molar-refractivity contribution is -0.120. The number of benzene rings is 3. The van der Waals surface area contributed by atoms with Crippen molar-refractivity contribution in [2.45, 2.75) is 38.3 Å². The SMILES string of the molecule is CCN(CC)Cc1ccc(CNC(=O)Cc2ccc(NS(=O)(=O)c3ccc(F)cc3)cc2)cc1. The summed E-state index contributed by atoms with van der Waals surface area (Å²) in [5, 5.41) is 2.92. The lowest BCUT2D eigenvalue weighted by Crippen LogP contribution is -2.24. The summed E-state index contributed by atoms with van der Waals surface area (Å²) in [6.45, 7) is 7.67. The molecule has 0 unspecified atom stereocenters. The highest BCUT2D eigenvalue weighted by atomic mass is 32.2. The molecule has 0 bridgehead atoms. The van der Waals surface area contributed by atoms with Crippen LogP contribution in [0.1, 0.15) is 30.5 Å². The summed E-state index contributed by atoms with van der Waals surface area (Å²) < 4.78 is 40.3. The largest absolute Gasteiger partial charge is 0.352 e. The monoisotopic (exact) mass is 483 g/mol. The van der Waals surface area contributed by atoms with Crippen LogP contribution in [-0.2, 0) is 34.3 Å². The van der Waals surface area contributed by atoms with Crippen LogP contribution in [0.3, 0.4) is 0 Å². The Hall–Kier alpha value is -3.23. The normalized spacial score (nSPS) is 11.4. The smallest absolute Gasteiger partial charge is 0.261 e. The van der Waals surface area contributed by atoms with Gasteiger partial charge < -0.3 is 5.32 Å². The van der Waals surface area contributed by atoms with Crippen LogP contribution in [0.15, 0.2) is 77.7 Å². The summed E-state index contributed by atoms with van der Waals surface area (Å²) in [5.41, 5.74) is 3.39. The van der Waals surface area contributed by atoms with E-state index >= 15 is 0 Å². The predicted octanol–water partition coefficient (Wildman–Crippen LogP) is 4.33. The van der Waals surface area contributed by atoms with Crippen LogP contribution >= 0.6 is 0 Å². The fraction of sp³-hybridized carbons (Fsp3) is 0.269. The van der Waals surface area contributed by atoms with Gasteiger partial charge >= 0.3 is 0 Å². The minimum Gasteiger partial charge on any atom is -0.352 e. The Balaban J connectivity index is 1.49. The number of nitrogens with zero attached hydrogens (tertiary/aromatic N) is 1. The van der Waals surface area contributed by atoms with Crippen molar-refractivity contribution in [1.29, 1.82) is 0 Å². The number of sulfonamides is 1. The molecule has 3 aromatic rings. The van der Waals surface area contributed by atoms with Gasteiger partial charge in [0.1, 0.15) is 5.82 Å². The number of hydrogen-bond donors (Lipinski definition) is 2. The molecule has 0 heterocycles. The Morgan fingerprint density at radius 1 is 0.824 bits per heavy atom. The third-order valence-electron chi connectivity index (χ3n) is 5.51. The number of rotatable bonds is 11. The zero-order valence-electron chi connectivity index (χ0n) is 19.4. The molecule has 3 aromatic carbocycles. The Labute approximate surface area is 200 Å². The van der Waals surface area contributed by atoms with Crippen molar-refractivity contribution in [3.05, 3.63) is 95.3 Å². The summed E-state index contributed by atoms with van der Waals surface area (Å²) >= 11 is 0. The van der Waals surface area contributed by atoms with Crippen LogP contribution in [0.4, 0.5) is 10.1 Å². The lowest BCUT2D eigenvalue weighted by atomic mass is 10.1. The Kier molecular flexibility index (Phi) is 8.79. The molecular formula is C26H30FN3O3S. The molecule has 0 aliphatic heterocycles. The molecule has 0 saturated heterocycles. The van der Waals surface area contributed by atoms with Crippen LogP contribution < -0.4 is 10.0 Å². The van der Waals surface area contributed by atoms with Crippen molar-refractivity contribution < 1.29 is 17.6 Å². The molecule has 0 aromatic heterocycles. The van der Waals surface area contributed by atoms with Crippen molar-refractivity contribution in [1.82, 2.24) is 10.2 Å². The summed E-state index contributed by atoms with van der Waals surface area (Å²) in [6.07, 6.45) is 0.186. The first-order valence-electron chi connectivity index (χ1n) is 11.2. The molecule has 0 atom stereocenters. The van der Waals surface area contributed by atoms with Crippen molar-refractivity contribution in [3.8, 4) is 0 Å². The van der Waals surface area contributed by atoms with Crippen molar-refractivity contribution in [3.63, 3.8) is 0 Å². The number of carbonyl (C=O) groups excluding carboxylic acids is 1. The Morgan fingerprint density at radius 2 is 1.38 bits per heavy atom. The third kappa shape index (κ3) is 7.40. The van der Waals surface area contributed by atoms with Gasteiger partial charge in [-0.15, -0.1) is 0 Å². The lowest BCUT2D eigenvalue weighted by Gasteiger charge is -2.18. The highest BCUT2D eigenvalue weighted by Gasteiger charge is 2.14. The van der Waals surface area contributed by atoms with Gasteiger partial charge in [-0.3, -0.25) is 14.4 Å². The van der Waals surface area contributed by atoms with E-state index in [4.69, 9.17) is 0 Å². The summed E-state index contributed by atoms with van der Waals surface area (Å²) in [5.74, 6) is -0.624. The van der Waals surface area contributed by atoms with E-state index in [1.807, 2.05) is 12.1 Å². The minimum atomic E-state index is -3.82. The third-order valence-corrected chi connectivity index (χ3v) is 6.91. The van der Waals surface area contributed by atoms with Gasteiger partial charge in [0.25, 0.3) is 10.0 Å². The number of hydrogen-bond acceptors (Lipinski definition) is 4. The standard InChI is InChI=1S/C26H30FN3O3S/c1-3-30(4-2)19-22-7-5-21(6-8-22)18-28-26(31)17-20-9-13-24(14-10-20)29-34(32,33)25-15-11-23(27)12-16-25/h5-16,29H,3-4,17-19H2,1-2H3,(H,28,31). The molecule has 0 radical (unpaired) electrons. The first-order chi connectivity index (χ1) is 16.3. The van der Waals surface area contributed by atoms with E-state index in [0.717, 1.165) is 42.9 Å². The Morgan fingerprint density at radius 3 is 1.97 bits per heavy atom. The number of nitrogens with one attached hydrogen (secondary N) is 2. The van der Waals surface area contributed by atoms with Crippen LogP contribution in [0, 0.1) is 5.82 Å². The first-order valence-corrected chi connectivity index (χ1v) is 12.7. The maximum Gasteiger partial charge on any atom is 0.261 e. The second-order valence-corrected chi connectivity index (χ2v) is 9.67. The highest BCUT2D eigenvalue weighted by Crippen LogP contribution is 2.17. The molecule has 1 amide bonds. The van der Waals surface area contributed by atoms with Gasteiger partial charge in [-0.1, -0.05) is 50.2 Å². The van der Waals surface area contributed by atoms with Gasteiger partial charge in [-0.2, -0.15) is 0 Å². The van der Waals surface area contributed by atoms with Crippen LogP contribution in [0.2, 0.25) is 0 Å². The van der Waals surface area contributed by atoms with E-state index in [9.17, 15) is 17.6 Å². The number of amides is 1. The summed E-state index contributed by atoms with van der Waals surface area (Å²) in [7, 11) is -3.82. The second-order valence-electron chi connectivity index (χ2n) is 7.99. The maximum absolute atomic E-state index is 13.0. The fourth-order valence-electron chi connectivity index (χ4n) is 3.43. The zero-order chi connectivity index (χ0) is 24.6. The average molecular weight is 484 g/mol. The molecule has 0 fully saturated rings. The van der Waals surface area contributed by atoms with Crippen LogP contribution in [-0.4, -0.2) is 32.3 Å². The molecule has 8 heteroatoms. The van der Waals surface area contributed by atoms with E-state index in [2.05, 4.69) is 40.9 Å². The first kappa shape index (κ1) is 25.4. The van der Waals surface area contributed by atoms with E-state index in [1.165, 1.54) is 17.7 Å². The molecule has 0 spiro atoms. The van der Waals surface area contributed by atoms with Crippen molar-refractivity contribution in [2.75, 3.05) is 17.8 Å². The number of carbonyl (C=O) groups is 1. The van der Waals surface area contributed by atoms with Gasteiger partial charge in [0.05, 0.1) is 11.3 Å². The van der Waals surface area contributed by atoms with Crippen molar-refractivity contribution >= 4 is 21.6 Å². The molecule has 0 aliphatic rings. The van der Waals surface area contributed by atoms with E-state index in [-0.39, 0.29) is 17.2 Å². The Bertz CT molecular complexity index is 1180. The molecule has 34 heavy (non-hydrogen) atoms. The molecule has 2 N–H and O–H groups in total. The fourth-order valence-corrected chi connectivity index (χ4v) is 4.49. The van der Waals surface area contributed by atoms with Gasteiger partial charge in [-0.05, 0) is 66.2 Å². The summed E-state index contributed by atoms with van der Waals surface area (Å²) in [6, 6.07) is 19.4. The molecule has 3 rings (SSSR count). The predicted molar refractivity (Wildman–Crippen MR) is 132 cm³/mol. The molecule has 6 nitrogen and oxygen atoms in total. The average Bonchev–Trinajstić information content (AvgIpc) is 2.83. The van der Waals surface area contributed by atoms with Gasteiger partial charge in [0.2, 0.25) is 5.91 Å². The highest BCUT2D eigenvalue weighted by molar-refractivity contribution is 7.92. The number of anilines is 1. The molecule has 0 aliphatic carbocycles.